The molecule has 3 rings (SSSR count). The number of hydrogen-bond acceptors (Lipinski definition) is 4. The van der Waals surface area contributed by atoms with Crippen LogP contribution >= 0.6 is 15.9 Å². The summed E-state index contributed by atoms with van der Waals surface area (Å²) in [4.78, 5) is 12.1. The van der Waals surface area contributed by atoms with Gasteiger partial charge < -0.3 is 20.1 Å². The molecule has 0 saturated carbocycles. The molecule has 2 N–H and O–H groups in total. The lowest BCUT2D eigenvalue weighted by atomic mass is 10.2. The summed E-state index contributed by atoms with van der Waals surface area (Å²) in [7, 11) is 0. The molecule has 0 aliphatic carbocycles. The van der Waals surface area contributed by atoms with Gasteiger partial charge in [-0.2, -0.15) is 0 Å². The number of hydrogen-bond donors (Lipinski definition) is 2. The third-order valence-corrected chi connectivity index (χ3v) is 4.35. The number of ether oxygens (including phenoxy) is 2. The molecular formula is C19H21BrN2O3. The highest BCUT2D eigenvalue weighted by Crippen LogP contribution is 2.20. The van der Waals surface area contributed by atoms with Gasteiger partial charge in [-0.25, -0.2) is 0 Å². The minimum absolute atomic E-state index is 0.115. The first-order valence-corrected chi connectivity index (χ1v) is 9.12. The van der Waals surface area contributed by atoms with Crippen molar-refractivity contribution in [2.45, 2.75) is 18.9 Å². The van der Waals surface area contributed by atoms with Gasteiger partial charge >= 0.3 is 0 Å². The Balaban J connectivity index is 1.48. The molecule has 5 nitrogen and oxygen atoms in total. The zero-order valence-corrected chi connectivity index (χ0v) is 15.4. The van der Waals surface area contributed by atoms with Crippen LogP contribution in [0.5, 0.6) is 5.75 Å². The van der Waals surface area contributed by atoms with Crippen LogP contribution in [0, 0.1) is 0 Å². The van der Waals surface area contributed by atoms with Crippen LogP contribution in [0.4, 0.5) is 11.4 Å². The molecule has 1 unspecified atom stereocenters. The van der Waals surface area contributed by atoms with Crippen molar-refractivity contribution in [2.24, 2.45) is 0 Å². The van der Waals surface area contributed by atoms with E-state index in [1.807, 2.05) is 48.5 Å². The first-order chi connectivity index (χ1) is 12.2. The van der Waals surface area contributed by atoms with E-state index in [4.69, 9.17) is 9.47 Å². The summed E-state index contributed by atoms with van der Waals surface area (Å²) in [6.45, 7) is 1.55. The predicted octanol–water partition coefficient (Wildman–Crippen LogP) is 4.06. The van der Waals surface area contributed by atoms with Gasteiger partial charge in [0.2, 0.25) is 5.91 Å². The Kier molecular flexibility index (Phi) is 6.30. The van der Waals surface area contributed by atoms with Crippen molar-refractivity contribution in [1.82, 2.24) is 0 Å². The van der Waals surface area contributed by atoms with E-state index in [1.165, 1.54) is 0 Å². The van der Waals surface area contributed by atoms with Crippen LogP contribution in [-0.2, 0) is 9.53 Å². The van der Waals surface area contributed by atoms with E-state index in [9.17, 15) is 4.79 Å². The van der Waals surface area contributed by atoms with Crippen LogP contribution in [0.3, 0.4) is 0 Å². The lowest BCUT2D eigenvalue weighted by Gasteiger charge is -2.13. The van der Waals surface area contributed by atoms with Gasteiger partial charge in [0, 0.05) is 28.5 Å². The molecule has 0 aromatic heterocycles. The molecule has 1 aliphatic heterocycles. The molecule has 1 atom stereocenters. The third-order valence-electron chi connectivity index (χ3n) is 3.86. The van der Waals surface area contributed by atoms with Crippen LogP contribution in [0.2, 0.25) is 0 Å². The molecule has 1 heterocycles. The molecule has 1 fully saturated rings. The van der Waals surface area contributed by atoms with Gasteiger partial charge in [-0.1, -0.05) is 28.1 Å². The fourth-order valence-corrected chi connectivity index (χ4v) is 3.01. The molecule has 2 aromatic carbocycles. The third kappa shape index (κ3) is 5.76. The van der Waals surface area contributed by atoms with Crippen molar-refractivity contribution >= 4 is 33.2 Å². The Labute approximate surface area is 155 Å². The van der Waals surface area contributed by atoms with Crippen LogP contribution in [-0.4, -0.2) is 31.8 Å². The van der Waals surface area contributed by atoms with E-state index < -0.39 is 0 Å². The number of nitrogens with one attached hydrogen (secondary N) is 2. The molecule has 132 valence electrons. The Hall–Kier alpha value is -2.05. The van der Waals surface area contributed by atoms with E-state index in [-0.39, 0.29) is 18.6 Å². The quantitative estimate of drug-likeness (QED) is 0.730. The zero-order chi connectivity index (χ0) is 17.5. The molecule has 2 aromatic rings. The van der Waals surface area contributed by atoms with E-state index in [1.54, 1.807) is 0 Å². The van der Waals surface area contributed by atoms with E-state index in [2.05, 4.69) is 26.6 Å². The first kappa shape index (κ1) is 17.8. The van der Waals surface area contributed by atoms with Gasteiger partial charge in [0.15, 0.2) is 0 Å². The topological polar surface area (TPSA) is 59.6 Å². The number of rotatable bonds is 7. The molecule has 1 saturated heterocycles. The number of benzene rings is 2. The molecule has 0 bridgehead atoms. The summed E-state index contributed by atoms with van der Waals surface area (Å²) in [5.74, 6) is 0.615. The molecule has 0 radical (unpaired) electrons. The van der Waals surface area contributed by atoms with E-state index >= 15 is 0 Å². The van der Waals surface area contributed by atoms with Gasteiger partial charge in [0.1, 0.15) is 12.4 Å². The summed E-state index contributed by atoms with van der Waals surface area (Å²) < 4.78 is 12.3. The number of anilines is 2. The Bertz CT molecular complexity index is 717. The van der Waals surface area contributed by atoms with Crippen LogP contribution in [0.1, 0.15) is 12.8 Å². The second-order valence-electron chi connectivity index (χ2n) is 5.89. The summed E-state index contributed by atoms with van der Waals surface area (Å²) in [5, 5.41) is 5.96. The van der Waals surface area contributed by atoms with Crippen molar-refractivity contribution < 1.29 is 14.3 Å². The highest BCUT2D eigenvalue weighted by molar-refractivity contribution is 9.10. The molecule has 6 heteroatoms. The molecule has 1 amide bonds. The first-order valence-electron chi connectivity index (χ1n) is 8.33. The standard InChI is InChI=1S/C19H21BrN2O3/c20-14-4-1-5-15(10-14)21-12-19(23)22-16-6-2-7-17(11-16)25-13-18-8-3-9-24-18/h1-2,4-7,10-11,18,21H,3,8-9,12-13H2,(H,22,23). The Morgan fingerprint density at radius 1 is 1.20 bits per heavy atom. The van der Waals surface area contributed by atoms with Crippen LogP contribution < -0.4 is 15.4 Å². The maximum atomic E-state index is 12.1. The fourth-order valence-electron chi connectivity index (χ4n) is 2.61. The molecule has 25 heavy (non-hydrogen) atoms. The smallest absolute Gasteiger partial charge is 0.243 e. The average molecular weight is 405 g/mol. The lowest BCUT2D eigenvalue weighted by molar-refractivity contribution is -0.114. The minimum atomic E-state index is -0.115. The fraction of sp³-hybridized carbons (Fsp3) is 0.316. The van der Waals surface area contributed by atoms with E-state index in [0.717, 1.165) is 35.4 Å². The second-order valence-corrected chi connectivity index (χ2v) is 6.80. The Morgan fingerprint density at radius 3 is 2.84 bits per heavy atom. The summed E-state index contributed by atoms with van der Waals surface area (Å²) in [6.07, 6.45) is 2.31. The number of carbonyl (C=O) groups excluding carboxylic acids is 1. The number of carbonyl (C=O) groups is 1. The minimum Gasteiger partial charge on any atom is -0.491 e. The van der Waals surface area contributed by atoms with Gasteiger partial charge in [-0.05, 0) is 43.2 Å². The maximum absolute atomic E-state index is 12.1. The van der Waals surface area contributed by atoms with Crippen molar-refractivity contribution in [2.75, 3.05) is 30.4 Å². The zero-order valence-electron chi connectivity index (χ0n) is 13.8. The van der Waals surface area contributed by atoms with Gasteiger partial charge in [-0.3, -0.25) is 4.79 Å². The molecule has 0 spiro atoms. The van der Waals surface area contributed by atoms with Gasteiger partial charge in [0.25, 0.3) is 0 Å². The molecular weight excluding hydrogens is 384 g/mol. The predicted molar refractivity (Wildman–Crippen MR) is 102 cm³/mol. The highest BCUT2D eigenvalue weighted by Gasteiger charge is 2.16. The van der Waals surface area contributed by atoms with Crippen LogP contribution in [0.25, 0.3) is 0 Å². The van der Waals surface area contributed by atoms with Crippen LogP contribution in [0.15, 0.2) is 53.0 Å². The maximum Gasteiger partial charge on any atom is 0.243 e. The largest absolute Gasteiger partial charge is 0.491 e. The van der Waals surface area contributed by atoms with Gasteiger partial charge in [-0.15, -0.1) is 0 Å². The van der Waals surface area contributed by atoms with Crippen molar-refractivity contribution in [3.8, 4) is 5.75 Å². The normalized spacial score (nSPS) is 16.4. The summed E-state index contributed by atoms with van der Waals surface area (Å²) >= 11 is 3.41. The number of halogens is 1. The lowest BCUT2D eigenvalue weighted by Crippen LogP contribution is -2.21. The summed E-state index contributed by atoms with van der Waals surface area (Å²) in [6, 6.07) is 15.1. The monoisotopic (exact) mass is 404 g/mol. The highest BCUT2D eigenvalue weighted by atomic mass is 79.9. The number of amides is 1. The second kappa shape index (κ2) is 8.87. The summed E-state index contributed by atoms with van der Waals surface area (Å²) in [5.41, 5.74) is 1.60. The Morgan fingerprint density at radius 2 is 2.04 bits per heavy atom. The van der Waals surface area contributed by atoms with Crippen molar-refractivity contribution in [3.05, 3.63) is 53.0 Å². The molecule has 1 aliphatic rings. The van der Waals surface area contributed by atoms with Crippen molar-refractivity contribution in [1.29, 1.82) is 0 Å². The SMILES string of the molecule is O=C(CNc1cccc(Br)c1)Nc1cccc(OCC2CCCO2)c1. The average Bonchev–Trinajstić information content (AvgIpc) is 3.12. The van der Waals surface area contributed by atoms with Gasteiger partial charge in [0.05, 0.1) is 12.6 Å². The van der Waals surface area contributed by atoms with Crippen molar-refractivity contribution in [3.63, 3.8) is 0 Å². The van der Waals surface area contributed by atoms with E-state index in [0.29, 0.717) is 12.3 Å².